The zero-order chi connectivity index (χ0) is 15.0. The topological polar surface area (TPSA) is 47.6 Å². The molecule has 0 radical (unpaired) electrons. The van der Waals surface area contributed by atoms with Crippen LogP contribution < -0.4 is 10.1 Å². The number of nitrogens with one attached hydrogen (secondary N) is 1. The second kappa shape index (κ2) is 8.59. The first kappa shape index (κ1) is 16.5. The van der Waals surface area contributed by atoms with Gasteiger partial charge >= 0.3 is 0 Å². The van der Waals surface area contributed by atoms with Gasteiger partial charge in [-0.15, -0.1) is 0 Å². The van der Waals surface area contributed by atoms with Crippen molar-refractivity contribution in [3.63, 3.8) is 0 Å². The Kier molecular flexibility index (Phi) is 7.09. The van der Waals surface area contributed by atoms with E-state index in [1.807, 2.05) is 24.3 Å². The number of hydrogen-bond donors (Lipinski definition) is 1. The highest BCUT2D eigenvalue weighted by Gasteiger charge is 2.12. The number of carbonyl (C=O) groups excluding carboxylic acids is 1. The molecule has 1 aromatic carbocycles. The van der Waals surface area contributed by atoms with Gasteiger partial charge in [0.1, 0.15) is 11.9 Å². The fourth-order valence-electron chi connectivity index (χ4n) is 1.68. The lowest BCUT2D eigenvalue weighted by Gasteiger charge is -2.14. The van der Waals surface area contributed by atoms with Crippen LogP contribution in [0.1, 0.15) is 26.3 Å². The van der Waals surface area contributed by atoms with Crippen molar-refractivity contribution < 1.29 is 14.3 Å². The number of ether oxygens (including phenoxy) is 2. The molecule has 112 valence electrons. The largest absolute Gasteiger partial charge is 0.497 e. The van der Waals surface area contributed by atoms with Crippen LogP contribution in [0.25, 0.3) is 0 Å². The normalized spacial score (nSPS) is 12.2. The third kappa shape index (κ3) is 6.06. The van der Waals surface area contributed by atoms with Gasteiger partial charge in [-0.1, -0.05) is 26.0 Å². The summed E-state index contributed by atoms with van der Waals surface area (Å²) in [5.41, 5.74) is 1.17. The Labute approximate surface area is 121 Å². The van der Waals surface area contributed by atoms with E-state index in [-0.39, 0.29) is 5.91 Å². The molecule has 4 nitrogen and oxygen atoms in total. The molecule has 0 saturated heterocycles. The Bertz CT molecular complexity index is 401. The van der Waals surface area contributed by atoms with Crippen molar-refractivity contribution in [2.75, 3.05) is 20.3 Å². The van der Waals surface area contributed by atoms with E-state index < -0.39 is 6.10 Å². The zero-order valence-corrected chi connectivity index (χ0v) is 12.8. The van der Waals surface area contributed by atoms with Gasteiger partial charge in [0.15, 0.2) is 0 Å². The van der Waals surface area contributed by atoms with Crippen LogP contribution in [0.4, 0.5) is 0 Å². The van der Waals surface area contributed by atoms with E-state index in [4.69, 9.17) is 9.47 Å². The smallest absolute Gasteiger partial charge is 0.248 e. The fraction of sp³-hybridized carbons (Fsp3) is 0.562. The molecule has 0 saturated carbocycles. The monoisotopic (exact) mass is 279 g/mol. The third-order valence-electron chi connectivity index (χ3n) is 2.92. The van der Waals surface area contributed by atoms with E-state index in [0.29, 0.717) is 19.1 Å². The minimum atomic E-state index is -0.395. The molecule has 0 unspecified atom stereocenters. The molecule has 0 bridgehead atoms. The molecular weight excluding hydrogens is 254 g/mol. The zero-order valence-electron chi connectivity index (χ0n) is 12.8. The Hall–Kier alpha value is -1.55. The van der Waals surface area contributed by atoms with Crippen molar-refractivity contribution in [2.45, 2.75) is 33.3 Å². The van der Waals surface area contributed by atoms with Gasteiger partial charge in [-0.3, -0.25) is 4.79 Å². The highest BCUT2D eigenvalue weighted by atomic mass is 16.5. The van der Waals surface area contributed by atoms with Gasteiger partial charge in [-0.05, 0) is 37.0 Å². The summed E-state index contributed by atoms with van der Waals surface area (Å²) in [5.74, 6) is 1.22. The van der Waals surface area contributed by atoms with Gasteiger partial charge in [0.05, 0.1) is 7.11 Å². The molecule has 0 aliphatic rings. The van der Waals surface area contributed by atoms with Crippen LogP contribution in [0.3, 0.4) is 0 Å². The lowest BCUT2D eigenvalue weighted by molar-refractivity contribution is -0.132. The number of benzene rings is 1. The van der Waals surface area contributed by atoms with E-state index in [9.17, 15) is 4.79 Å². The van der Waals surface area contributed by atoms with Crippen LogP contribution in [0.15, 0.2) is 24.3 Å². The van der Waals surface area contributed by atoms with Crippen molar-refractivity contribution in [3.05, 3.63) is 29.8 Å². The summed E-state index contributed by atoms with van der Waals surface area (Å²) >= 11 is 0. The molecule has 1 aromatic rings. The maximum Gasteiger partial charge on any atom is 0.248 e. The van der Waals surface area contributed by atoms with Crippen molar-refractivity contribution in [3.8, 4) is 5.75 Å². The predicted octanol–water partition coefficient (Wildman–Crippen LogP) is 2.42. The van der Waals surface area contributed by atoms with E-state index in [2.05, 4.69) is 19.2 Å². The lowest BCUT2D eigenvalue weighted by Crippen LogP contribution is -2.36. The number of amides is 1. The van der Waals surface area contributed by atoms with E-state index >= 15 is 0 Å². The van der Waals surface area contributed by atoms with Crippen LogP contribution in [-0.2, 0) is 16.0 Å². The molecule has 4 heteroatoms. The van der Waals surface area contributed by atoms with E-state index in [1.54, 1.807) is 14.0 Å². The predicted molar refractivity (Wildman–Crippen MR) is 80.0 cm³/mol. The molecule has 1 rings (SSSR count). The Balaban J connectivity index is 2.26. The second-order valence-corrected chi connectivity index (χ2v) is 5.26. The molecule has 0 aliphatic carbocycles. The molecule has 0 aliphatic heterocycles. The average Bonchev–Trinajstić information content (AvgIpc) is 2.45. The number of methoxy groups -OCH3 is 1. The number of carbonyl (C=O) groups is 1. The molecule has 0 heterocycles. The summed E-state index contributed by atoms with van der Waals surface area (Å²) in [4.78, 5) is 11.8. The molecule has 1 amide bonds. The van der Waals surface area contributed by atoms with Gasteiger partial charge in [0, 0.05) is 13.2 Å². The Morgan fingerprint density at radius 3 is 2.40 bits per heavy atom. The fourth-order valence-corrected chi connectivity index (χ4v) is 1.68. The van der Waals surface area contributed by atoms with Crippen molar-refractivity contribution in [1.82, 2.24) is 5.32 Å². The van der Waals surface area contributed by atoms with Crippen LogP contribution >= 0.6 is 0 Å². The van der Waals surface area contributed by atoms with Crippen LogP contribution in [-0.4, -0.2) is 32.3 Å². The first-order valence-electron chi connectivity index (χ1n) is 7.05. The minimum absolute atomic E-state index is 0.0563. The number of rotatable bonds is 8. The maximum absolute atomic E-state index is 11.8. The minimum Gasteiger partial charge on any atom is -0.497 e. The summed E-state index contributed by atoms with van der Waals surface area (Å²) in [7, 11) is 1.65. The summed E-state index contributed by atoms with van der Waals surface area (Å²) < 4.78 is 10.6. The summed E-state index contributed by atoms with van der Waals surface area (Å²) in [5, 5.41) is 2.89. The lowest BCUT2D eigenvalue weighted by atomic mass is 10.1. The molecule has 20 heavy (non-hydrogen) atoms. The van der Waals surface area contributed by atoms with Gasteiger partial charge in [0.25, 0.3) is 0 Å². The highest BCUT2D eigenvalue weighted by Crippen LogP contribution is 2.11. The Morgan fingerprint density at radius 1 is 1.20 bits per heavy atom. The Morgan fingerprint density at radius 2 is 1.85 bits per heavy atom. The first-order chi connectivity index (χ1) is 9.52. The van der Waals surface area contributed by atoms with E-state index in [1.165, 1.54) is 5.56 Å². The molecule has 0 fully saturated rings. The van der Waals surface area contributed by atoms with Crippen LogP contribution in [0.5, 0.6) is 5.75 Å². The van der Waals surface area contributed by atoms with Gasteiger partial charge in [-0.25, -0.2) is 0 Å². The SMILES string of the molecule is COc1ccc(CCNC(=O)[C@H](C)OCC(C)C)cc1. The first-order valence-corrected chi connectivity index (χ1v) is 7.05. The van der Waals surface area contributed by atoms with Crippen molar-refractivity contribution in [2.24, 2.45) is 5.92 Å². The summed E-state index contributed by atoms with van der Waals surface area (Å²) in [6.45, 7) is 7.13. The molecule has 1 N–H and O–H groups in total. The van der Waals surface area contributed by atoms with Gasteiger partial charge in [-0.2, -0.15) is 0 Å². The van der Waals surface area contributed by atoms with Crippen LogP contribution in [0.2, 0.25) is 0 Å². The van der Waals surface area contributed by atoms with E-state index in [0.717, 1.165) is 12.2 Å². The van der Waals surface area contributed by atoms with Crippen molar-refractivity contribution in [1.29, 1.82) is 0 Å². The quantitative estimate of drug-likeness (QED) is 0.795. The summed E-state index contributed by atoms with van der Waals surface area (Å²) in [6.07, 6.45) is 0.403. The average molecular weight is 279 g/mol. The standard InChI is InChI=1S/C16H25NO3/c1-12(2)11-20-13(3)16(18)17-10-9-14-5-7-15(19-4)8-6-14/h5-8,12-13H,9-11H2,1-4H3,(H,17,18)/t13-/m0/s1. The highest BCUT2D eigenvalue weighted by molar-refractivity contribution is 5.80. The van der Waals surface area contributed by atoms with Gasteiger partial charge < -0.3 is 14.8 Å². The van der Waals surface area contributed by atoms with Gasteiger partial charge in [0.2, 0.25) is 5.91 Å². The molecular formula is C16H25NO3. The molecule has 1 atom stereocenters. The van der Waals surface area contributed by atoms with Crippen LogP contribution in [0, 0.1) is 5.92 Å². The van der Waals surface area contributed by atoms with Crippen molar-refractivity contribution >= 4 is 5.91 Å². The number of hydrogen-bond acceptors (Lipinski definition) is 3. The third-order valence-corrected chi connectivity index (χ3v) is 2.92. The summed E-state index contributed by atoms with van der Waals surface area (Å²) in [6, 6.07) is 7.85. The maximum atomic E-state index is 11.8. The molecule has 0 spiro atoms. The molecule has 0 aromatic heterocycles. The second-order valence-electron chi connectivity index (χ2n) is 5.26.